The number of pyridine rings is 3. The van der Waals surface area contributed by atoms with Gasteiger partial charge in [0, 0.05) is 29.1 Å². The number of nitrogens with zero attached hydrogens (tertiary/aromatic N) is 3. The van der Waals surface area contributed by atoms with Gasteiger partial charge in [0.2, 0.25) is 0 Å². The minimum absolute atomic E-state index is 0.0263. The van der Waals surface area contributed by atoms with Gasteiger partial charge in [0.1, 0.15) is 5.75 Å². The van der Waals surface area contributed by atoms with E-state index in [2.05, 4.69) is 15.0 Å². The number of anilines is 1. The van der Waals surface area contributed by atoms with Crippen molar-refractivity contribution < 1.29 is 9.90 Å². The lowest BCUT2D eigenvalue weighted by Gasteiger charge is -2.14. The van der Waals surface area contributed by atoms with Crippen LogP contribution in [0.15, 0.2) is 30.7 Å². The van der Waals surface area contributed by atoms with Crippen molar-refractivity contribution in [1.29, 1.82) is 0 Å². The van der Waals surface area contributed by atoms with Crippen LogP contribution in [-0.2, 0) is 0 Å². The Kier molecular flexibility index (Phi) is 3.10. The monoisotopic (exact) mass is 295 g/mol. The molecule has 0 aliphatic heterocycles. The van der Waals surface area contributed by atoms with Gasteiger partial charge in [0.15, 0.2) is 5.69 Å². The fourth-order valence-corrected chi connectivity index (χ4v) is 2.33. The average Bonchev–Trinajstić information content (AvgIpc) is 2.50. The number of nitrogen functional groups attached to an aromatic ring is 1. The van der Waals surface area contributed by atoms with Gasteiger partial charge in [-0.3, -0.25) is 14.8 Å². The first-order valence-corrected chi connectivity index (χ1v) is 6.48. The zero-order chi connectivity index (χ0) is 15.9. The van der Waals surface area contributed by atoms with Crippen molar-refractivity contribution in [2.45, 2.75) is 6.92 Å². The zero-order valence-electron chi connectivity index (χ0n) is 11.7. The lowest BCUT2D eigenvalue weighted by Crippen LogP contribution is -2.17. The van der Waals surface area contributed by atoms with Crippen LogP contribution in [0.4, 0.5) is 5.69 Å². The molecule has 3 aromatic rings. The lowest BCUT2D eigenvalue weighted by molar-refractivity contribution is 0.0997. The molecule has 0 radical (unpaired) electrons. The second-order valence-electron chi connectivity index (χ2n) is 4.82. The molecule has 7 heteroatoms. The smallest absolute Gasteiger partial charge is 0.269 e. The van der Waals surface area contributed by atoms with E-state index in [1.54, 1.807) is 31.5 Å². The molecule has 0 atom stereocenters. The SMILES string of the molecule is Cc1c(O)cncc1-c1c(N)c(C(N)=O)nc2cccnc12. The number of hydrogen-bond acceptors (Lipinski definition) is 6. The van der Waals surface area contributed by atoms with Crippen LogP contribution in [0.25, 0.3) is 22.2 Å². The number of fused-ring (bicyclic) bond motifs is 1. The van der Waals surface area contributed by atoms with Gasteiger partial charge in [0.25, 0.3) is 5.91 Å². The molecular weight excluding hydrogens is 282 g/mol. The first kappa shape index (κ1) is 13.7. The van der Waals surface area contributed by atoms with E-state index in [0.29, 0.717) is 27.7 Å². The number of rotatable bonds is 2. The van der Waals surface area contributed by atoms with Gasteiger partial charge in [-0.25, -0.2) is 4.98 Å². The molecule has 0 saturated heterocycles. The van der Waals surface area contributed by atoms with E-state index in [-0.39, 0.29) is 17.1 Å². The van der Waals surface area contributed by atoms with Gasteiger partial charge in [-0.1, -0.05) is 0 Å². The maximum Gasteiger partial charge on any atom is 0.269 e. The van der Waals surface area contributed by atoms with E-state index in [9.17, 15) is 9.90 Å². The molecule has 22 heavy (non-hydrogen) atoms. The van der Waals surface area contributed by atoms with Crippen LogP contribution in [0.5, 0.6) is 5.75 Å². The molecule has 0 aliphatic carbocycles. The number of amides is 1. The molecule has 5 N–H and O–H groups in total. The van der Waals surface area contributed by atoms with E-state index in [4.69, 9.17) is 11.5 Å². The predicted molar refractivity (Wildman–Crippen MR) is 82.1 cm³/mol. The minimum Gasteiger partial charge on any atom is -0.506 e. The summed E-state index contributed by atoms with van der Waals surface area (Å²) in [7, 11) is 0. The molecule has 3 aromatic heterocycles. The standard InChI is InChI=1S/C15H13N5O2/c1-7-8(5-18-6-10(7)21)11-12(16)14(15(17)22)20-9-3-2-4-19-13(9)11/h2-6,21H,16H2,1H3,(H2,17,22). The number of carbonyl (C=O) groups excluding carboxylic acids is 1. The molecule has 0 aromatic carbocycles. The Morgan fingerprint density at radius 1 is 1.32 bits per heavy atom. The quantitative estimate of drug-likeness (QED) is 0.655. The summed E-state index contributed by atoms with van der Waals surface area (Å²) in [6, 6.07) is 3.41. The third-order valence-electron chi connectivity index (χ3n) is 3.47. The van der Waals surface area contributed by atoms with Crippen LogP contribution in [-0.4, -0.2) is 26.0 Å². The molecule has 110 valence electrons. The molecule has 0 saturated carbocycles. The highest BCUT2D eigenvalue weighted by molar-refractivity contribution is 6.07. The molecule has 0 aliphatic rings. The number of aromatic nitrogens is 3. The summed E-state index contributed by atoms with van der Waals surface area (Å²) in [5.74, 6) is -0.700. The molecular formula is C15H13N5O2. The van der Waals surface area contributed by atoms with Crippen LogP contribution in [0.2, 0.25) is 0 Å². The number of aromatic hydroxyl groups is 1. The second-order valence-corrected chi connectivity index (χ2v) is 4.82. The molecule has 3 heterocycles. The molecule has 1 amide bonds. The van der Waals surface area contributed by atoms with Crippen LogP contribution in [0.3, 0.4) is 0 Å². The number of primary amides is 1. The van der Waals surface area contributed by atoms with Crippen molar-refractivity contribution in [3.05, 3.63) is 42.0 Å². The summed E-state index contributed by atoms with van der Waals surface area (Å²) in [5, 5.41) is 9.87. The molecule has 7 nitrogen and oxygen atoms in total. The summed E-state index contributed by atoms with van der Waals surface area (Å²) in [4.78, 5) is 24.0. The Hall–Kier alpha value is -3.22. The third kappa shape index (κ3) is 1.99. The number of carbonyl (C=O) groups is 1. The number of nitrogens with two attached hydrogens (primary N) is 2. The van der Waals surface area contributed by atoms with Crippen LogP contribution < -0.4 is 11.5 Å². The van der Waals surface area contributed by atoms with E-state index >= 15 is 0 Å². The maximum atomic E-state index is 11.6. The summed E-state index contributed by atoms with van der Waals surface area (Å²) in [6.07, 6.45) is 4.49. The third-order valence-corrected chi connectivity index (χ3v) is 3.47. The molecule has 0 spiro atoms. The van der Waals surface area contributed by atoms with E-state index in [0.717, 1.165) is 0 Å². The Labute approximate surface area is 125 Å². The molecule has 0 bridgehead atoms. The Balaban J connectivity index is 2.49. The van der Waals surface area contributed by atoms with Crippen molar-refractivity contribution in [2.24, 2.45) is 5.73 Å². The summed E-state index contributed by atoms with van der Waals surface area (Å²) in [5.41, 5.74) is 14.2. The normalized spacial score (nSPS) is 10.8. The van der Waals surface area contributed by atoms with Gasteiger partial charge in [-0.05, 0) is 19.1 Å². The first-order chi connectivity index (χ1) is 10.5. The molecule has 3 rings (SSSR count). The lowest BCUT2D eigenvalue weighted by atomic mass is 9.98. The summed E-state index contributed by atoms with van der Waals surface area (Å²) in [6.45, 7) is 1.73. The van der Waals surface area contributed by atoms with Gasteiger partial charge in [0.05, 0.1) is 22.9 Å². The van der Waals surface area contributed by atoms with Crippen molar-refractivity contribution in [3.63, 3.8) is 0 Å². The first-order valence-electron chi connectivity index (χ1n) is 6.48. The fraction of sp³-hybridized carbons (Fsp3) is 0.0667. The van der Waals surface area contributed by atoms with E-state index in [1.165, 1.54) is 6.20 Å². The molecule has 0 fully saturated rings. The topological polar surface area (TPSA) is 128 Å². The van der Waals surface area contributed by atoms with Crippen LogP contribution in [0.1, 0.15) is 16.1 Å². The highest BCUT2D eigenvalue weighted by atomic mass is 16.3. The van der Waals surface area contributed by atoms with Gasteiger partial charge < -0.3 is 16.6 Å². The Morgan fingerprint density at radius 2 is 2.09 bits per heavy atom. The minimum atomic E-state index is -0.727. The van der Waals surface area contributed by atoms with Crippen molar-refractivity contribution in [2.75, 3.05) is 5.73 Å². The number of hydrogen-bond donors (Lipinski definition) is 3. The van der Waals surface area contributed by atoms with Crippen LogP contribution in [0, 0.1) is 6.92 Å². The molecule has 0 unspecified atom stereocenters. The summed E-state index contributed by atoms with van der Waals surface area (Å²) >= 11 is 0. The maximum absolute atomic E-state index is 11.6. The predicted octanol–water partition coefficient (Wildman–Crippen LogP) is 1.39. The van der Waals surface area contributed by atoms with E-state index < -0.39 is 5.91 Å². The second kappa shape index (κ2) is 4.96. The largest absolute Gasteiger partial charge is 0.506 e. The van der Waals surface area contributed by atoms with Crippen LogP contribution >= 0.6 is 0 Å². The van der Waals surface area contributed by atoms with Crippen molar-refractivity contribution in [3.8, 4) is 16.9 Å². The van der Waals surface area contributed by atoms with Gasteiger partial charge in [-0.2, -0.15) is 0 Å². The zero-order valence-corrected chi connectivity index (χ0v) is 11.7. The van der Waals surface area contributed by atoms with Crippen molar-refractivity contribution in [1.82, 2.24) is 15.0 Å². The van der Waals surface area contributed by atoms with Gasteiger partial charge >= 0.3 is 0 Å². The fourth-order valence-electron chi connectivity index (χ4n) is 2.33. The Bertz CT molecular complexity index is 908. The summed E-state index contributed by atoms with van der Waals surface area (Å²) < 4.78 is 0. The highest BCUT2D eigenvalue weighted by Crippen LogP contribution is 2.37. The average molecular weight is 295 g/mol. The van der Waals surface area contributed by atoms with Gasteiger partial charge in [-0.15, -0.1) is 0 Å². The highest BCUT2D eigenvalue weighted by Gasteiger charge is 2.20. The van der Waals surface area contributed by atoms with E-state index in [1.807, 2.05) is 0 Å². The Morgan fingerprint density at radius 3 is 2.82 bits per heavy atom. The van der Waals surface area contributed by atoms with Crippen molar-refractivity contribution >= 4 is 22.6 Å².